The smallest absolute Gasteiger partial charge is 0.0535 e. The predicted octanol–water partition coefficient (Wildman–Crippen LogP) is 2.05. The fourth-order valence-corrected chi connectivity index (χ4v) is 2.04. The first kappa shape index (κ1) is 10.0. The van der Waals surface area contributed by atoms with Crippen LogP contribution < -0.4 is 5.32 Å². The van der Waals surface area contributed by atoms with Gasteiger partial charge in [0.05, 0.1) is 6.61 Å². The summed E-state index contributed by atoms with van der Waals surface area (Å²) in [4.78, 5) is 0. The van der Waals surface area contributed by atoms with Crippen LogP contribution in [-0.4, -0.2) is 26.3 Å². The van der Waals surface area contributed by atoms with Gasteiger partial charge in [0, 0.05) is 20.0 Å². The van der Waals surface area contributed by atoms with Gasteiger partial charge in [-0.3, -0.25) is 0 Å². The summed E-state index contributed by atoms with van der Waals surface area (Å²) in [5, 5.41) is 3.40. The van der Waals surface area contributed by atoms with Crippen LogP contribution in [0.4, 0.5) is 0 Å². The minimum absolute atomic E-state index is 0. The first-order chi connectivity index (χ1) is 5.91. The molecule has 0 aliphatic carbocycles. The van der Waals surface area contributed by atoms with E-state index in [0.717, 1.165) is 13.2 Å². The van der Waals surface area contributed by atoms with Gasteiger partial charge in [-0.25, -0.2) is 0 Å². The van der Waals surface area contributed by atoms with E-state index in [2.05, 4.69) is 5.32 Å². The fourth-order valence-electron chi connectivity index (χ4n) is 2.04. The molecule has 2 heterocycles. The van der Waals surface area contributed by atoms with Crippen molar-refractivity contribution in [2.75, 3.05) is 26.3 Å². The third kappa shape index (κ3) is 2.20. The molecule has 1 spiro atoms. The van der Waals surface area contributed by atoms with E-state index in [0.29, 0.717) is 5.41 Å². The van der Waals surface area contributed by atoms with E-state index < -0.39 is 0 Å². The van der Waals surface area contributed by atoms with Crippen molar-refractivity contribution >= 4 is 0 Å². The largest absolute Gasteiger partial charge is 0.381 e. The summed E-state index contributed by atoms with van der Waals surface area (Å²) in [5.41, 5.74) is 0.540. The van der Waals surface area contributed by atoms with E-state index >= 15 is 0 Å². The van der Waals surface area contributed by atoms with Crippen molar-refractivity contribution in [2.45, 2.75) is 33.1 Å². The molecule has 74 valence electrons. The zero-order chi connectivity index (χ0) is 8.86. The molecule has 2 rings (SSSR count). The molecule has 2 saturated heterocycles. The van der Waals surface area contributed by atoms with Crippen LogP contribution in [0.3, 0.4) is 0 Å². The molecule has 0 radical (unpaired) electrons. The molecular formula is C10H23NO. The first-order valence-corrected chi connectivity index (χ1v) is 5.20. The molecule has 1 atom stereocenters. The van der Waals surface area contributed by atoms with E-state index in [1.54, 1.807) is 0 Å². The Bertz CT molecular complexity index is 116. The molecule has 0 aromatic carbocycles. The van der Waals surface area contributed by atoms with Gasteiger partial charge < -0.3 is 10.1 Å². The number of ether oxygens (including phenoxy) is 1. The first-order valence-electron chi connectivity index (χ1n) is 5.20. The Morgan fingerprint density at radius 3 is 2.67 bits per heavy atom. The molecule has 2 fully saturated rings. The highest BCUT2D eigenvalue weighted by molar-refractivity contribution is 4.89. The van der Waals surface area contributed by atoms with Crippen LogP contribution >= 0.6 is 0 Å². The molecule has 2 heteroatoms. The van der Waals surface area contributed by atoms with E-state index in [4.69, 9.17) is 4.74 Å². The highest BCUT2D eigenvalue weighted by atomic mass is 16.5. The van der Waals surface area contributed by atoms with Gasteiger partial charge in [-0.1, -0.05) is 13.8 Å². The third-order valence-corrected chi connectivity index (χ3v) is 2.74. The monoisotopic (exact) mass is 173 g/mol. The lowest BCUT2D eigenvalue weighted by Gasteiger charge is -2.31. The number of hydrogen-bond donors (Lipinski definition) is 1. The third-order valence-electron chi connectivity index (χ3n) is 2.74. The highest BCUT2D eigenvalue weighted by Crippen LogP contribution is 2.33. The van der Waals surface area contributed by atoms with Gasteiger partial charge in [0.15, 0.2) is 0 Å². The van der Waals surface area contributed by atoms with Crippen molar-refractivity contribution in [2.24, 2.45) is 5.41 Å². The van der Waals surface area contributed by atoms with Gasteiger partial charge in [0.2, 0.25) is 0 Å². The second-order valence-electron chi connectivity index (χ2n) is 3.58. The minimum atomic E-state index is 0. The predicted molar refractivity (Wildman–Crippen MR) is 53.4 cm³/mol. The Morgan fingerprint density at radius 2 is 2.17 bits per heavy atom. The van der Waals surface area contributed by atoms with Gasteiger partial charge in [0.1, 0.15) is 0 Å². The molecule has 2 aliphatic rings. The van der Waals surface area contributed by atoms with Crippen molar-refractivity contribution in [1.29, 1.82) is 0 Å². The second kappa shape index (κ2) is 4.83. The molecule has 2 nitrogen and oxygen atoms in total. The Morgan fingerprint density at radius 1 is 1.33 bits per heavy atom. The number of rotatable bonds is 0. The standard InChI is InChI=1S/C8H15NO.C2H6.H2/c1-2-8(7-10-5-1)3-4-9-6-8;1-2;/h9H,1-7H2;1-2H3;1H. The molecule has 0 saturated carbocycles. The Balaban J connectivity index is 0.000000451. The van der Waals surface area contributed by atoms with Crippen molar-refractivity contribution in [3.63, 3.8) is 0 Å². The van der Waals surface area contributed by atoms with Crippen molar-refractivity contribution in [3.05, 3.63) is 0 Å². The highest BCUT2D eigenvalue weighted by Gasteiger charge is 2.35. The molecule has 1 N–H and O–H groups in total. The molecule has 0 amide bonds. The fraction of sp³-hybridized carbons (Fsp3) is 1.00. The minimum Gasteiger partial charge on any atom is -0.381 e. The molecular weight excluding hydrogens is 150 g/mol. The summed E-state index contributed by atoms with van der Waals surface area (Å²) in [6.07, 6.45) is 3.97. The maximum atomic E-state index is 5.47. The van der Waals surface area contributed by atoms with E-state index in [9.17, 15) is 0 Å². The molecule has 0 aromatic heterocycles. The van der Waals surface area contributed by atoms with Gasteiger partial charge in [-0.2, -0.15) is 0 Å². The molecule has 0 aromatic rings. The summed E-state index contributed by atoms with van der Waals surface area (Å²) in [7, 11) is 0. The average Bonchev–Trinajstić information content (AvgIpc) is 2.58. The number of hydrogen-bond acceptors (Lipinski definition) is 2. The zero-order valence-corrected chi connectivity index (χ0v) is 8.36. The SMILES string of the molecule is C1COCC2(C1)CCNC2.CC.[HH]. The van der Waals surface area contributed by atoms with Crippen molar-refractivity contribution in [3.8, 4) is 0 Å². The Hall–Kier alpha value is -0.0800. The van der Waals surface area contributed by atoms with Gasteiger partial charge in [-0.15, -0.1) is 0 Å². The molecule has 2 aliphatic heterocycles. The topological polar surface area (TPSA) is 21.3 Å². The van der Waals surface area contributed by atoms with Gasteiger partial charge in [-0.05, 0) is 25.8 Å². The normalized spacial score (nSPS) is 34.5. The maximum absolute atomic E-state index is 5.47. The van der Waals surface area contributed by atoms with Crippen LogP contribution in [0.2, 0.25) is 0 Å². The van der Waals surface area contributed by atoms with Crippen molar-refractivity contribution < 1.29 is 6.16 Å². The quantitative estimate of drug-likeness (QED) is 0.605. The van der Waals surface area contributed by atoms with E-state index in [1.165, 1.54) is 32.4 Å². The van der Waals surface area contributed by atoms with Gasteiger partial charge >= 0.3 is 0 Å². The summed E-state index contributed by atoms with van der Waals surface area (Å²) >= 11 is 0. The van der Waals surface area contributed by atoms with Crippen LogP contribution in [0.5, 0.6) is 0 Å². The van der Waals surface area contributed by atoms with Crippen LogP contribution in [0.1, 0.15) is 34.5 Å². The molecule has 0 bridgehead atoms. The number of nitrogens with one attached hydrogen (secondary N) is 1. The van der Waals surface area contributed by atoms with E-state index in [-0.39, 0.29) is 1.43 Å². The lowest BCUT2D eigenvalue weighted by molar-refractivity contribution is 0.00347. The van der Waals surface area contributed by atoms with Crippen LogP contribution in [0.25, 0.3) is 0 Å². The Labute approximate surface area is 77.2 Å². The molecule has 1 unspecified atom stereocenters. The average molecular weight is 173 g/mol. The summed E-state index contributed by atoms with van der Waals surface area (Å²) in [6.45, 7) is 8.37. The van der Waals surface area contributed by atoms with Gasteiger partial charge in [0.25, 0.3) is 0 Å². The van der Waals surface area contributed by atoms with E-state index in [1.807, 2.05) is 13.8 Å². The zero-order valence-electron chi connectivity index (χ0n) is 8.36. The van der Waals surface area contributed by atoms with Crippen molar-refractivity contribution in [1.82, 2.24) is 5.32 Å². The lowest BCUT2D eigenvalue weighted by atomic mass is 9.82. The van der Waals surface area contributed by atoms with Crippen LogP contribution in [0, 0.1) is 5.41 Å². The van der Waals surface area contributed by atoms with Crippen LogP contribution in [-0.2, 0) is 4.74 Å². The summed E-state index contributed by atoms with van der Waals surface area (Å²) < 4.78 is 5.47. The maximum Gasteiger partial charge on any atom is 0.0535 e. The van der Waals surface area contributed by atoms with Crippen LogP contribution in [0.15, 0.2) is 0 Å². The second-order valence-corrected chi connectivity index (χ2v) is 3.58. The molecule has 12 heavy (non-hydrogen) atoms. The summed E-state index contributed by atoms with van der Waals surface area (Å²) in [6, 6.07) is 0. The Kier molecular flexibility index (Phi) is 4.02. The lowest BCUT2D eigenvalue weighted by Crippen LogP contribution is -2.33. The summed E-state index contributed by atoms with van der Waals surface area (Å²) in [5.74, 6) is 0.